The Bertz CT molecular complexity index is 450. The molecule has 0 radical (unpaired) electrons. The highest BCUT2D eigenvalue weighted by Crippen LogP contribution is 2.34. The fourth-order valence-corrected chi connectivity index (χ4v) is 1.61. The van der Waals surface area contributed by atoms with Crippen molar-refractivity contribution < 1.29 is 14.2 Å². The van der Waals surface area contributed by atoms with Gasteiger partial charge in [-0.15, -0.1) is 6.42 Å². The molecule has 1 N–H and O–H groups in total. The van der Waals surface area contributed by atoms with Gasteiger partial charge in [0.15, 0.2) is 0 Å². The molecule has 0 aromatic heterocycles. The second-order valence-electron chi connectivity index (χ2n) is 4.63. The summed E-state index contributed by atoms with van der Waals surface area (Å²) < 4.78 is 16.0. The van der Waals surface area contributed by atoms with Gasteiger partial charge in [-0.1, -0.05) is 5.92 Å². The molecule has 0 aliphatic rings. The number of benzene rings is 1. The van der Waals surface area contributed by atoms with Crippen molar-refractivity contribution in [3.05, 3.63) is 17.7 Å². The molecule has 1 aromatic rings. The molecule has 4 nitrogen and oxygen atoms in total. The van der Waals surface area contributed by atoms with E-state index in [1.807, 2.05) is 26.0 Å². The summed E-state index contributed by atoms with van der Waals surface area (Å²) in [5.41, 5.74) is 0.518. The number of terminal acetylenes is 1. The summed E-state index contributed by atoms with van der Waals surface area (Å²) in [5, 5.41) is 3.27. The van der Waals surface area contributed by atoms with E-state index in [9.17, 15) is 0 Å². The Kier molecular flexibility index (Phi) is 5.08. The molecular weight excluding hydrogens is 242 g/mol. The average Bonchev–Trinajstić information content (AvgIpc) is 2.44. The van der Waals surface area contributed by atoms with E-state index in [2.05, 4.69) is 11.2 Å². The predicted octanol–water partition coefficient (Wildman–Crippen LogP) is 2.21. The van der Waals surface area contributed by atoms with E-state index in [0.29, 0.717) is 23.8 Å². The summed E-state index contributed by atoms with van der Waals surface area (Å²) in [4.78, 5) is 0. The predicted molar refractivity (Wildman–Crippen MR) is 75.8 cm³/mol. The fourth-order valence-electron chi connectivity index (χ4n) is 1.61. The van der Waals surface area contributed by atoms with Crippen molar-refractivity contribution in [2.45, 2.75) is 25.9 Å². The lowest BCUT2D eigenvalue weighted by Crippen LogP contribution is -2.37. The first-order valence-electron chi connectivity index (χ1n) is 5.99. The molecule has 0 unspecified atom stereocenters. The smallest absolute Gasteiger partial charge is 0.130 e. The van der Waals surface area contributed by atoms with Crippen molar-refractivity contribution in [3.8, 4) is 29.6 Å². The topological polar surface area (TPSA) is 39.7 Å². The largest absolute Gasteiger partial charge is 0.496 e. The number of nitrogens with one attached hydrogen (secondary N) is 1. The molecule has 0 amide bonds. The molecule has 0 spiro atoms. The first-order valence-corrected chi connectivity index (χ1v) is 5.99. The van der Waals surface area contributed by atoms with Gasteiger partial charge in [0.25, 0.3) is 0 Å². The third-order valence-electron chi connectivity index (χ3n) is 2.89. The number of hydrogen-bond donors (Lipinski definition) is 1. The lowest BCUT2D eigenvalue weighted by atomic mass is 10.1. The molecule has 1 rings (SSSR count). The third-order valence-corrected chi connectivity index (χ3v) is 2.89. The van der Waals surface area contributed by atoms with Crippen LogP contribution in [0.3, 0.4) is 0 Å². The van der Waals surface area contributed by atoms with Gasteiger partial charge in [0.05, 0.1) is 32.4 Å². The zero-order valence-electron chi connectivity index (χ0n) is 12.2. The van der Waals surface area contributed by atoms with Crippen molar-refractivity contribution in [1.29, 1.82) is 0 Å². The minimum absolute atomic E-state index is 0.393. The standard InChI is InChI=1S/C15H21NO3/c1-7-15(2,3)16-10-12-13(18-5)8-11(17-4)9-14(12)19-6/h1,8-9,16H,10H2,2-6H3. The molecule has 0 aliphatic carbocycles. The van der Waals surface area contributed by atoms with E-state index >= 15 is 0 Å². The van der Waals surface area contributed by atoms with Crippen molar-refractivity contribution in [1.82, 2.24) is 5.32 Å². The van der Waals surface area contributed by atoms with E-state index < -0.39 is 5.54 Å². The van der Waals surface area contributed by atoms with Gasteiger partial charge in [-0.3, -0.25) is 5.32 Å². The van der Waals surface area contributed by atoms with Gasteiger partial charge >= 0.3 is 0 Å². The fraction of sp³-hybridized carbons (Fsp3) is 0.467. The first kappa shape index (κ1) is 15.2. The molecular formula is C15H21NO3. The van der Waals surface area contributed by atoms with E-state index in [0.717, 1.165) is 5.56 Å². The summed E-state index contributed by atoms with van der Waals surface area (Å²) in [6.45, 7) is 4.43. The normalized spacial score (nSPS) is 10.7. The molecule has 0 bridgehead atoms. The molecule has 1 aromatic carbocycles. The van der Waals surface area contributed by atoms with Crippen molar-refractivity contribution in [2.24, 2.45) is 0 Å². The SMILES string of the molecule is C#CC(C)(C)NCc1c(OC)cc(OC)cc1OC. The maximum Gasteiger partial charge on any atom is 0.130 e. The summed E-state index contributed by atoms with van der Waals surface area (Å²) >= 11 is 0. The van der Waals surface area contributed by atoms with E-state index in [1.165, 1.54) is 0 Å². The van der Waals surface area contributed by atoms with E-state index in [1.54, 1.807) is 21.3 Å². The Morgan fingerprint density at radius 1 is 1.11 bits per heavy atom. The van der Waals surface area contributed by atoms with Crippen LogP contribution in [0.2, 0.25) is 0 Å². The Balaban J connectivity index is 3.08. The van der Waals surface area contributed by atoms with Crippen molar-refractivity contribution >= 4 is 0 Å². The highest BCUT2D eigenvalue weighted by Gasteiger charge is 2.17. The second-order valence-corrected chi connectivity index (χ2v) is 4.63. The lowest BCUT2D eigenvalue weighted by Gasteiger charge is -2.22. The second kappa shape index (κ2) is 6.35. The van der Waals surface area contributed by atoms with Crippen LogP contribution < -0.4 is 19.5 Å². The van der Waals surface area contributed by atoms with Crippen molar-refractivity contribution in [2.75, 3.05) is 21.3 Å². The molecule has 104 valence electrons. The lowest BCUT2D eigenvalue weighted by molar-refractivity contribution is 0.362. The van der Waals surface area contributed by atoms with Crippen LogP contribution in [0, 0.1) is 12.3 Å². The zero-order valence-corrected chi connectivity index (χ0v) is 12.2. The Hall–Kier alpha value is -1.86. The summed E-state index contributed by atoms with van der Waals surface area (Å²) in [6.07, 6.45) is 5.46. The molecule has 19 heavy (non-hydrogen) atoms. The number of hydrogen-bond acceptors (Lipinski definition) is 4. The van der Waals surface area contributed by atoms with Crippen LogP contribution in [0.5, 0.6) is 17.2 Å². The van der Waals surface area contributed by atoms with E-state index in [4.69, 9.17) is 20.6 Å². The number of ether oxygens (including phenoxy) is 3. The van der Waals surface area contributed by atoms with Gasteiger partial charge in [-0.05, 0) is 13.8 Å². The molecule has 0 saturated carbocycles. The zero-order chi connectivity index (χ0) is 14.5. The average molecular weight is 263 g/mol. The van der Waals surface area contributed by atoms with Gasteiger partial charge in [-0.2, -0.15) is 0 Å². The van der Waals surface area contributed by atoms with Gasteiger partial charge in [0.1, 0.15) is 17.2 Å². The van der Waals surface area contributed by atoms with Crippen LogP contribution in [0.25, 0.3) is 0 Å². The molecule has 0 aliphatic heterocycles. The maximum absolute atomic E-state index is 5.46. The van der Waals surface area contributed by atoms with Gasteiger partial charge in [-0.25, -0.2) is 0 Å². The van der Waals surface area contributed by atoms with Crippen LogP contribution in [-0.2, 0) is 6.54 Å². The Labute approximate surface area is 115 Å². The van der Waals surface area contributed by atoms with Gasteiger partial charge in [0.2, 0.25) is 0 Å². The molecule has 0 saturated heterocycles. The highest BCUT2D eigenvalue weighted by molar-refractivity contribution is 5.50. The molecule has 4 heteroatoms. The van der Waals surface area contributed by atoms with Crippen molar-refractivity contribution in [3.63, 3.8) is 0 Å². The highest BCUT2D eigenvalue weighted by atomic mass is 16.5. The Morgan fingerprint density at radius 2 is 1.63 bits per heavy atom. The van der Waals surface area contributed by atoms with Crippen LogP contribution in [-0.4, -0.2) is 26.9 Å². The van der Waals surface area contributed by atoms with Crippen LogP contribution >= 0.6 is 0 Å². The number of rotatable bonds is 6. The minimum Gasteiger partial charge on any atom is -0.496 e. The summed E-state index contributed by atoms with van der Waals surface area (Å²) in [6, 6.07) is 3.64. The van der Waals surface area contributed by atoms with Crippen LogP contribution in [0.4, 0.5) is 0 Å². The molecule has 0 heterocycles. The minimum atomic E-state index is -0.393. The maximum atomic E-state index is 5.46. The first-order chi connectivity index (χ1) is 8.97. The van der Waals surface area contributed by atoms with Crippen LogP contribution in [0.15, 0.2) is 12.1 Å². The van der Waals surface area contributed by atoms with Gasteiger partial charge in [0, 0.05) is 18.7 Å². The van der Waals surface area contributed by atoms with Gasteiger partial charge < -0.3 is 14.2 Å². The summed E-state index contributed by atoms with van der Waals surface area (Å²) in [7, 11) is 4.83. The third kappa shape index (κ3) is 3.80. The number of methoxy groups -OCH3 is 3. The monoisotopic (exact) mass is 263 g/mol. The Morgan fingerprint density at radius 3 is 2.00 bits per heavy atom. The molecule has 0 atom stereocenters. The molecule has 0 fully saturated rings. The van der Waals surface area contributed by atoms with E-state index in [-0.39, 0.29) is 0 Å². The van der Waals surface area contributed by atoms with Crippen LogP contribution in [0.1, 0.15) is 19.4 Å². The quantitative estimate of drug-likeness (QED) is 0.799. The summed E-state index contributed by atoms with van der Waals surface area (Å²) in [5.74, 6) is 4.79.